The molecule has 4 bridgehead atoms. The number of rotatable bonds is 9. The molecule has 3 aromatic heterocycles. The number of carbonyl (C=O) groups is 1. The lowest BCUT2D eigenvalue weighted by Crippen LogP contribution is -2.48. The van der Waals surface area contributed by atoms with E-state index in [9.17, 15) is 9.90 Å². The molecular formula is C45H47ClN6O7S. The number of para-hydroxylation sites is 1. The van der Waals surface area contributed by atoms with Gasteiger partial charge in [-0.05, 0) is 92.8 Å². The van der Waals surface area contributed by atoms with Gasteiger partial charge in [0.1, 0.15) is 53.5 Å². The van der Waals surface area contributed by atoms with Gasteiger partial charge in [-0.2, -0.15) is 0 Å². The molecule has 6 heterocycles. The van der Waals surface area contributed by atoms with Gasteiger partial charge in [0.2, 0.25) is 12.0 Å². The molecule has 2 aromatic carbocycles. The van der Waals surface area contributed by atoms with Crippen LogP contribution < -0.4 is 18.9 Å². The van der Waals surface area contributed by atoms with Crippen LogP contribution in [0.3, 0.4) is 0 Å². The summed E-state index contributed by atoms with van der Waals surface area (Å²) in [5.74, 6) is 2.21. The van der Waals surface area contributed by atoms with Crippen LogP contribution in [-0.2, 0) is 22.6 Å². The highest BCUT2D eigenvalue weighted by molar-refractivity contribution is 7.19. The van der Waals surface area contributed by atoms with Crippen LogP contribution in [0, 0.1) is 0 Å². The molecule has 0 spiro atoms. The summed E-state index contributed by atoms with van der Waals surface area (Å²) in [6.07, 6.45) is 6.31. The lowest BCUT2D eigenvalue weighted by Gasteiger charge is -2.35. The zero-order valence-electron chi connectivity index (χ0n) is 33.8. The molecule has 5 aromatic rings. The van der Waals surface area contributed by atoms with Gasteiger partial charge >= 0.3 is 5.97 Å². The molecule has 0 unspecified atom stereocenters. The maximum absolute atomic E-state index is 13.2. The number of likely N-dealkylation sites (N-methyl/N-ethyl adjacent to an activating group) is 1. The lowest BCUT2D eigenvalue weighted by atomic mass is 9.83. The number of piperazine rings is 1. The molecular weight excluding hydrogens is 804 g/mol. The Labute approximate surface area is 357 Å². The van der Waals surface area contributed by atoms with Crippen LogP contribution in [0.2, 0.25) is 0 Å². The van der Waals surface area contributed by atoms with E-state index in [-0.39, 0.29) is 37.5 Å². The van der Waals surface area contributed by atoms with Crippen LogP contribution in [0.1, 0.15) is 59.7 Å². The number of methoxy groups -OCH3 is 1. The minimum atomic E-state index is -1.32. The van der Waals surface area contributed by atoms with Crippen molar-refractivity contribution < 1.29 is 33.6 Å². The van der Waals surface area contributed by atoms with Crippen LogP contribution >= 0.6 is 22.9 Å². The molecule has 60 heavy (non-hydrogen) atoms. The fourth-order valence-corrected chi connectivity index (χ4v) is 9.78. The van der Waals surface area contributed by atoms with Gasteiger partial charge in [0.25, 0.3) is 0 Å². The first-order valence-electron chi connectivity index (χ1n) is 20.4. The van der Waals surface area contributed by atoms with Gasteiger partial charge in [0, 0.05) is 61.7 Å². The summed E-state index contributed by atoms with van der Waals surface area (Å²) in [6, 6.07) is 14.8. The number of allylic oxidation sites excluding steroid dienone is 3. The Morgan fingerprint density at radius 3 is 2.67 bits per heavy atom. The number of thiophene rings is 1. The zero-order valence-corrected chi connectivity index (χ0v) is 35.4. The monoisotopic (exact) mass is 850 g/mol. The Morgan fingerprint density at radius 2 is 1.87 bits per heavy atom. The summed E-state index contributed by atoms with van der Waals surface area (Å²) in [7, 11) is 3.75. The average Bonchev–Trinajstić information content (AvgIpc) is 4.04. The first-order chi connectivity index (χ1) is 29.2. The Hall–Kier alpha value is -5.28. The smallest absolute Gasteiger partial charge is 0.345 e. The molecule has 312 valence electrons. The molecule has 1 saturated carbocycles. The number of halogens is 1. The minimum absolute atomic E-state index is 0.0420. The van der Waals surface area contributed by atoms with Crippen LogP contribution in [0.15, 0.2) is 83.5 Å². The molecule has 0 radical (unpaired) electrons. The topological polar surface area (TPSA) is 141 Å². The molecule has 0 amide bonds. The molecule has 2 fully saturated rings. The van der Waals surface area contributed by atoms with E-state index in [0.717, 1.165) is 65.9 Å². The summed E-state index contributed by atoms with van der Waals surface area (Å²) in [4.78, 5) is 38.4. The van der Waals surface area contributed by atoms with Gasteiger partial charge < -0.3 is 33.7 Å². The summed E-state index contributed by atoms with van der Waals surface area (Å²) in [5.41, 5.74) is 4.01. The van der Waals surface area contributed by atoms with Gasteiger partial charge in [-0.1, -0.05) is 23.7 Å². The normalized spacial score (nSPS) is 21.4. The molecule has 5 aliphatic rings. The lowest BCUT2D eigenvalue weighted by molar-refractivity contribution is -0.145. The third-order valence-electron chi connectivity index (χ3n) is 11.6. The van der Waals surface area contributed by atoms with E-state index in [1.165, 1.54) is 11.2 Å². The molecule has 15 heteroatoms. The van der Waals surface area contributed by atoms with E-state index >= 15 is 0 Å². The quantitative estimate of drug-likeness (QED) is 0.156. The Kier molecular flexibility index (Phi) is 11.6. The van der Waals surface area contributed by atoms with Gasteiger partial charge in [0.05, 0.1) is 28.8 Å². The predicted molar refractivity (Wildman–Crippen MR) is 228 cm³/mol. The van der Waals surface area contributed by atoms with Crippen molar-refractivity contribution in [2.24, 2.45) is 0 Å². The van der Waals surface area contributed by atoms with E-state index in [4.69, 9.17) is 40.3 Å². The van der Waals surface area contributed by atoms with E-state index in [1.807, 2.05) is 36.4 Å². The Morgan fingerprint density at radius 1 is 1.03 bits per heavy atom. The first kappa shape index (κ1) is 40.1. The van der Waals surface area contributed by atoms with Crippen molar-refractivity contribution in [2.75, 3.05) is 53.5 Å². The summed E-state index contributed by atoms with van der Waals surface area (Å²) >= 11 is 8.88. The zero-order chi connectivity index (χ0) is 41.3. The number of aromatic nitrogens is 4. The number of fused-ring (bicyclic) bond motifs is 6. The second kappa shape index (κ2) is 17.4. The number of carboxylic acid groups (broad SMARTS) is 1. The number of hydrogen-bond donors (Lipinski definition) is 1. The molecule has 10 rings (SSSR count). The number of ether oxygens (including phenoxy) is 5. The van der Waals surface area contributed by atoms with Crippen molar-refractivity contribution in [3.8, 4) is 34.5 Å². The molecule has 1 saturated heterocycles. The highest BCUT2D eigenvalue weighted by Crippen LogP contribution is 2.54. The second-order valence-electron chi connectivity index (χ2n) is 15.8. The van der Waals surface area contributed by atoms with Gasteiger partial charge in [0.15, 0.2) is 5.82 Å². The van der Waals surface area contributed by atoms with Crippen molar-refractivity contribution >= 4 is 39.1 Å². The largest absolute Gasteiger partial charge is 0.496 e. The molecule has 3 atom stereocenters. The fourth-order valence-electron chi connectivity index (χ4n) is 8.16. The first-order valence-corrected chi connectivity index (χ1v) is 21.6. The van der Waals surface area contributed by atoms with Crippen molar-refractivity contribution in [3.63, 3.8) is 0 Å². The molecule has 3 aliphatic heterocycles. The average molecular weight is 851 g/mol. The van der Waals surface area contributed by atoms with Gasteiger partial charge in [-0.3, -0.25) is 4.90 Å². The number of carboxylic acids is 1. The number of nitrogens with zero attached hydrogens (tertiary/aromatic N) is 6. The summed E-state index contributed by atoms with van der Waals surface area (Å²) < 4.78 is 31.8. The van der Waals surface area contributed by atoms with Crippen molar-refractivity contribution in [1.82, 2.24) is 29.7 Å². The summed E-state index contributed by atoms with van der Waals surface area (Å²) in [6.45, 7) is 6.80. The summed E-state index contributed by atoms with van der Waals surface area (Å²) in [5, 5.41) is 12.1. The van der Waals surface area contributed by atoms with E-state index in [0.29, 0.717) is 64.0 Å². The Bertz CT molecular complexity index is 2460. The van der Waals surface area contributed by atoms with Crippen molar-refractivity contribution in [1.29, 1.82) is 0 Å². The molecule has 2 aliphatic carbocycles. The second-order valence-corrected chi connectivity index (χ2v) is 17.2. The van der Waals surface area contributed by atoms with Crippen LogP contribution in [0.5, 0.6) is 23.1 Å². The SMILES string of the molecule is COc1ccccc1-c1nccc(COc2ccc3cc2C[C@@H](C(=O)O)Oc2ncnc4sc(C5CC5)c(c24)[C@H]2CC=C(O[C@H](CN4CCN(C)CC4)CO3)C(Cl)=C2C)n1. The number of benzene rings is 2. The fraction of sp³-hybridized carbons (Fsp3) is 0.400. The van der Waals surface area contributed by atoms with E-state index < -0.39 is 12.1 Å². The highest BCUT2D eigenvalue weighted by Gasteiger charge is 2.37. The van der Waals surface area contributed by atoms with Crippen LogP contribution in [0.25, 0.3) is 21.6 Å². The predicted octanol–water partition coefficient (Wildman–Crippen LogP) is 7.60. The van der Waals surface area contributed by atoms with Gasteiger partial charge in [-0.15, -0.1) is 11.3 Å². The number of hydrogen-bond acceptors (Lipinski definition) is 13. The standard InChI is InChI=1S/C45H47ClN6O7S/c1-26-32-11-13-36(40(26)46)58-31(22-52-18-16-51(2)17-19-52)24-56-30-10-12-34(57-23-29-14-15-47-42(50-29)33-6-4-5-7-35(33)55-3)28(20-30)21-37(45(53)54)59-43-39-38(32)41(27-8-9-27)60-44(39)49-25-48-43/h4-7,10,12-15,20,25,27,31-32,37H,8-9,11,16-19,21-24H2,1-3H3,(H,53,54)/t31-,32+,37+/m1/s1. The van der Waals surface area contributed by atoms with E-state index in [2.05, 4.69) is 44.8 Å². The van der Waals surface area contributed by atoms with Crippen LogP contribution in [-0.4, -0.2) is 107 Å². The van der Waals surface area contributed by atoms with Crippen molar-refractivity contribution in [3.05, 3.63) is 105 Å². The van der Waals surface area contributed by atoms with Crippen molar-refractivity contribution in [2.45, 2.75) is 63.3 Å². The minimum Gasteiger partial charge on any atom is -0.496 e. The molecule has 1 N–H and O–H groups in total. The highest BCUT2D eigenvalue weighted by atomic mass is 35.5. The Balaban J connectivity index is 1.09. The third-order valence-corrected chi connectivity index (χ3v) is 13.4. The number of aliphatic carboxylic acids is 1. The van der Waals surface area contributed by atoms with Crippen LogP contribution in [0.4, 0.5) is 0 Å². The molecule has 13 nitrogen and oxygen atoms in total. The maximum atomic E-state index is 13.2. The maximum Gasteiger partial charge on any atom is 0.345 e. The van der Waals surface area contributed by atoms with E-state index in [1.54, 1.807) is 36.8 Å². The third kappa shape index (κ3) is 8.51. The van der Waals surface area contributed by atoms with Gasteiger partial charge in [-0.25, -0.2) is 24.7 Å².